The maximum atomic E-state index is 12.7. The summed E-state index contributed by atoms with van der Waals surface area (Å²) in [6.07, 6.45) is 0. The number of nitrogens with one attached hydrogen (secondary N) is 4. The van der Waals surface area contributed by atoms with Crippen LogP contribution in [0.3, 0.4) is 0 Å². The molecule has 0 amide bonds. The predicted octanol–water partition coefficient (Wildman–Crippen LogP) is 3.97. The first kappa shape index (κ1) is 35.9. The number of thiocarbonyl (C=S) groups is 2. The molecule has 0 radical (unpaired) electrons. The molecule has 0 saturated carbocycles. The second-order valence-electron chi connectivity index (χ2n) is 9.33. The van der Waals surface area contributed by atoms with E-state index in [1.165, 1.54) is 62.8 Å². The van der Waals surface area contributed by atoms with E-state index >= 15 is 0 Å². The number of anilines is 4. The number of nitro benzene ring substituents is 2. The quantitative estimate of drug-likeness (QED) is 0.0560. The van der Waals surface area contributed by atoms with Gasteiger partial charge in [0.2, 0.25) is 0 Å². The van der Waals surface area contributed by atoms with Gasteiger partial charge in [-0.05, 0) is 0 Å². The molecule has 48 heavy (non-hydrogen) atoms. The third-order valence-electron chi connectivity index (χ3n) is 6.20. The molecule has 0 aliphatic heterocycles. The summed E-state index contributed by atoms with van der Waals surface area (Å²) in [5.41, 5.74) is 2.29. The Bertz CT molecular complexity index is 1760. The minimum absolute atomic E-state index is 0.0566. The molecule has 0 bridgehead atoms. The van der Waals surface area contributed by atoms with Crippen molar-refractivity contribution in [3.63, 3.8) is 0 Å². The van der Waals surface area contributed by atoms with Crippen LogP contribution >= 0.6 is 24.4 Å². The number of benzene rings is 4. The van der Waals surface area contributed by atoms with E-state index in [1.54, 1.807) is 24.3 Å². The number of nitrogens with zero attached hydrogens (tertiary/aromatic N) is 2. The fourth-order valence-corrected chi connectivity index (χ4v) is 10.4. The zero-order valence-corrected chi connectivity index (χ0v) is 29.9. The van der Waals surface area contributed by atoms with E-state index in [2.05, 4.69) is 21.3 Å². The van der Waals surface area contributed by atoms with E-state index in [1.807, 2.05) is 12.1 Å². The first-order valence-corrected chi connectivity index (χ1v) is 20.3. The molecule has 0 heterocycles. The molecule has 4 rings (SSSR count). The van der Waals surface area contributed by atoms with Crippen molar-refractivity contribution < 1.29 is 28.9 Å². The van der Waals surface area contributed by atoms with Gasteiger partial charge in [-0.15, -0.1) is 0 Å². The van der Waals surface area contributed by atoms with Gasteiger partial charge in [-0.25, -0.2) is 0 Å². The summed E-state index contributed by atoms with van der Waals surface area (Å²) in [7, 11) is 2.55. The fourth-order valence-electron chi connectivity index (χ4n) is 3.92. The van der Waals surface area contributed by atoms with Crippen LogP contribution in [0.1, 0.15) is 20.7 Å². The van der Waals surface area contributed by atoms with Gasteiger partial charge in [-0.3, -0.25) is 20.2 Å². The molecule has 4 N–H and O–H groups in total. The molecule has 0 spiro atoms. The van der Waals surface area contributed by atoms with E-state index in [0.717, 1.165) is 8.92 Å². The third-order valence-corrected chi connectivity index (χ3v) is 13.8. The Labute approximate surface area is 295 Å². The average Bonchev–Trinajstić information content (AvgIpc) is 3.07. The van der Waals surface area contributed by atoms with Crippen molar-refractivity contribution in [3.8, 4) is 0 Å². The zero-order chi connectivity index (χ0) is 34.8. The standard InChI is InChI=1S/C30H24N6O8S2Se2/c1-43-27(37)23-15-21(11-13-25(23)33-29(45)31-17-3-7-19(8-4-17)35(39)40)47-48-22-12-14-26(24(16-22)28(38)44-2)34-30(46)32-18-5-9-20(10-6-18)36(41)42/h3-16H,1-2H3,(H2,31,33,45)(H2,32,34,46). The number of carbonyl (C=O) groups excluding carboxylic acids is 2. The van der Waals surface area contributed by atoms with Gasteiger partial charge in [-0.2, -0.15) is 0 Å². The zero-order valence-electron chi connectivity index (χ0n) is 24.9. The van der Waals surface area contributed by atoms with Crippen molar-refractivity contribution >= 4 is 116 Å². The Kier molecular flexibility index (Phi) is 12.5. The molecule has 246 valence electrons. The number of ether oxygens (including phenoxy) is 2. The van der Waals surface area contributed by atoms with E-state index < -0.39 is 21.8 Å². The number of nitro groups is 2. The molecule has 18 heteroatoms. The second-order valence-corrected chi connectivity index (χ2v) is 16.5. The van der Waals surface area contributed by atoms with E-state index in [9.17, 15) is 29.8 Å². The molecule has 0 unspecified atom stereocenters. The van der Waals surface area contributed by atoms with Gasteiger partial charge in [0.1, 0.15) is 0 Å². The first-order chi connectivity index (χ1) is 23.0. The summed E-state index contributed by atoms with van der Waals surface area (Å²) >= 11 is 10.5. The van der Waals surface area contributed by atoms with Gasteiger partial charge < -0.3 is 0 Å². The van der Waals surface area contributed by atoms with Gasteiger partial charge in [0, 0.05) is 0 Å². The summed E-state index contributed by atoms with van der Waals surface area (Å²) in [6.45, 7) is 0. The van der Waals surface area contributed by atoms with Crippen LogP contribution in [0, 0.1) is 20.2 Å². The minimum atomic E-state index is -0.567. The molecule has 0 aromatic heterocycles. The first-order valence-electron chi connectivity index (χ1n) is 13.4. The van der Waals surface area contributed by atoms with Crippen molar-refractivity contribution in [1.82, 2.24) is 0 Å². The summed E-state index contributed by atoms with van der Waals surface area (Å²) in [4.78, 5) is 46.1. The van der Waals surface area contributed by atoms with Gasteiger partial charge in [0.05, 0.1) is 0 Å². The SMILES string of the molecule is COC(=O)c1cc([Se][Se]c2ccc(NC(=S)Nc3ccc([N+](=O)[O-])cc3)c(C(=O)OC)c2)ccc1NC(=S)Nc1ccc([N+](=O)[O-])cc1. The molecular weight excluding hydrogens is 794 g/mol. The number of rotatable bonds is 11. The molecule has 0 aliphatic carbocycles. The number of hydrogen-bond donors (Lipinski definition) is 4. The van der Waals surface area contributed by atoms with Crippen molar-refractivity contribution in [2.45, 2.75) is 0 Å². The van der Waals surface area contributed by atoms with Gasteiger partial charge >= 0.3 is 276 Å². The number of hydrogen-bond acceptors (Lipinski definition) is 10. The van der Waals surface area contributed by atoms with Crippen molar-refractivity contribution in [1.29, 1.82) is 0 Å². The van der Waals surface area contributed by atoms with E-state index in [0.29, 0.717) is 22.7 Å². The van der Waals surface area contributed by atoms with Crippen LogP contribution in [0.25, 0.3) is 0 Å². The average molecular weight is 819 g/mol. The van der Waals surface area contributed by atoms with Crippen LogP contribution in [0.15, 0.2) is 84.9 Å². The summed E-state index contributed by atoms with van der Waals surface area (Å²) in [6, 6.07) is 22.1. The number of non-ortho nitro benzene ring substituents is 2. The molecule has 0 atom stereocenters. The number of esters is 2. The Morgan fingerprint density at radius 3 is 1.27 bits per heavy atom. The molecule has 4 aromatic carbocycles. The Balaban J connectivity index is 1.44. The van der Waals surface area contributed by atoms with Gasteiger partial charge in [-0.1, -0.05) is 0 Å². The van der Waals surface area contributed by atoms with Gasteiger partial charge in [0.25, 0.3) is 0 Å². The third kappa shape index (κ3) is 9.78. The molecule has 4 aromatic rings. The molecule has 0 fully saturated rings. The Hall–Kier alpha value is -4.96. The molecule has 0 aliphatic rings. The van der Waals surface area contributed by atoms with Crippen molar-refractivity contribution in [3.05, 3.63) is 116 Å². The van der Waals surface area contributed by atoms with Crippen molar-refractivity contribution in [2.75, 3.05) is 35.5 Å². The van der Waals surface area contributed by atoms with E-state index in [4.69, 9.17) is 33.9 Å². The van der Waals surface area contributed by atoms with Crippen LogP contribution in [0.4, 0.5) is 34.1 Å². The van der Waals surface area contributed by atoms with Crippen LogP contribution < -0.4 is 30.2 Å². The molecular formula is C30H24N6O8S2Se2. The topological polar surface area (TPSA) is 187 Å². The van der Waals surface area contributed by atoms with Gasteiger partial charge in [0.15, 0.2) is 0 Å². The van der Waals surface area contributed by atoms with Crippen LogP contribution in [-0.2, 0) is 9.47 Å². The number of methoxy groups -OCH3 is 2. The number of carbonyl (C=O) groups is 2. The van der Waals surface area contributed by atoms with E-state index in [-0.39, 0.29) is 59.0 Å². The summed E-state index contributed by atoms with van der Waals surface area (Å²) < 4.78 is 11.8. The van der Waals surface area contributed by atoms with Crippen LogP contribution in [-0.4, -0.2) is 72.5 Å². The van der Waals surface area contributed by atoms with Crippen molar-refractivity contribution in [2.24, 2.45) is 0 Å². The summed E-state index contributed by atoms with van der Waals surface area (Å²) in [5, 5.41) is 34.0. The molecule has 14 nitrogen and oxygen atoms in total. The predicted molar refractivity (Wildman–Crippen MR) is 192 cm³/mol. The fraction of sp³-hybridized carbons (Fsp3) is 0.0667. The normalized spacial score (nSPS) is 10.3. The van der Waals surface area contributed by atoms with Crippen LogP contribution in [0.5, 0.6) is 0 Å². The summed E-state index contributed by atoms with van der Waals surface area (Å²) in [5.74, 6) is -1.13. The molecule has 0 saturated heterocycles. The second kappa shape index (κ2) is 16.7. The Morgan fingerprint density at radius 1 is 0.604 bits per heavy atom. The van der Waals surface area contributed by atoms with Crippen LogP contribution in [0.2, 0.25) is 0 Å². The Morgan fingerprint density at radius 2 is 0.958 bits per heavy atom. The monoisotopic (exact) mass is 820 g/mol. The maximum absolute atomic E-state index is 12.7.